The summed E-state index contributed by atoms with van der Waals surface area (Å²) in [5.41, 5.74) is 2.13. The average Bonchev–Trinajstić information content (AvgIpc) is 3.07. The second kappa shape index (κ2) is 8.15. The third-order valence-corrected chi connectivity index (χ3v) is 10.1. The zero-order valence-electron chi connectivity index (χ0n) is 20.5. The molecule has 5 nitrogen and oxygen atoms in total. The molecule has 2 aromatic rings. The smallest absolute Gasteiger partial charge is 0.305 e. The summed E-state index contributed by atoms with van der Waals surface area (Å²) in [5.74, 6) is -0.219. The Labute approximate surface area is 198 Å². The minimum atomic E-state index is -3.90. The molecule has 4 unspecified atom stereocenters. The van der Waals surface area contributed by atoms with Crippen molar-refractivity contribution in [1.29, 1.82) is 0 Å². The molecule has 2 aliphatic rings. The van der Waals surface area contributed by atoms with Gasteiger partial charge in [0.2, 0.25) is 0 Å². The zero-order valence-corrected chi connectivity index (χ0v) is 21.3. The SMILES string of the molecule is CCC(=O)OC1C(N(c2cc(C)cc(C)c2)S(=O)(=O)c2ccccc2)C2CCC1(C)C2(C)C. The number of anilines is 1. The third-order valence-electron chi connectivity index (χ3n) is 8.30. The van der Waals surface area contributed by atoms with E-state index >= 15 is 0 Å². The van der Waals surface area contributed by atoms with E-state index in [0.717, 1.165) is 24.0 Å². The molecule has 0 radical (unpaired) electrons. The Morgan fingerprint density at radius 3 is 2.24 bits per heavy atom. The Morgan fingerprint density at radius 1 is 1.06 bits per heavy atom. The highest BCUT2D eigenvalue weighted by Crippen LogP contribution is 2.67. The maximum Gasteiger partial charge on any atom is 0.305 e. The Kier molecular flexibility index (Phi) is 5.88. The molecule has 2 aromatic carbocycles. The Hall–Kier alpha value is -2.34. The zero-order chi connectivity index (χ0) is 24.2. The van der Waals surface area contributed by atoms with Gasteiger partial charge in [-0.2, -0.15) is 0 Å². The Morgan fingerprint density at radius 2 is 1.67 bits per heavy atom. The fraction of sp³-hybridized carbons (Fsp3) is 0.519. The van der Waals surface area contributed by atoms with E-state index in [-0.39, 0.29) is 34.0 Å². The first-order valence-corrected chi connectivity index (χ1v) is 13.2. The molecule has 2 aliphatic carbocycles. The predicted octanol–water partition coefficient (Wildman–Crippen LogP) is 5.65. The van der Waals surface area contributed by atoms with Crippen molar-refractivity contribution in [2.24, 2.45) is 16.7 Å². The van der Waals surface area contributed by atoms with Gasteiger partial charge in [-0.15, -0.1) is 0 Å². The maximum atomic E-state index is 14.2. The van der Waals surface area contributed by atoms with E-state index in [1.807, 2.05) is 38.1 Å². The molecule has 0 aliphatic heterocycles. The number of aryl methyl sites for hydroxylation is 2. The van der Waals surface area contributed by atoms with Crippen molar-refractivity contribution in [2.75, 3.05) is 4.31 Å². The van der Waals surface area contributed by atoms with Crippen LogP contribution in [0.3, 0.4) is 0 Å². The summed E-state index contributed by atoms with van der Waals surface area (Å²) in [5, 5.41) is 0. The maximum absolute atomic E-state index is 14.2. The number of benzene rings is 2. The summed E-state index contributed by atoms with van der Waals surface area (Å²) in [6.07, 6.45) is 1.56. The van der Waals surface area contributed by atoms with Crippen molar-refractivity contribution in [3.05, 3.63) is 59.7 Å². The molecule has 0 aromatic heterocycles. The van der Waals surface area contributed by atoms with E-state index in [0.29, 0.717) is 5.69 Å². The van der Waals surface area contributed by atoms with Crippen LogP contribution in [0.25, 0.3) is 0 Å². The largest absolute Gasteiger partial charge is 0.460 e. The van der Waals surface area contributed by atoms with Crippen LogP contribution < -0.4 is 4.31 Å². The number of carbonyl (C=O) groups excluding carboxylic acids is 1. The quantitative estimate of drug-likeness (QED) is 0.513. The number of esters is 1. The normalized spacial score (nSPS) is 28.0. The predicted molar refractivity (Wildman–Crippen MR) is 131 cm³/mol. The minimum absolute atomic E-state index is 0.0662. The van der Waals surface area contributed by atoms with Gasteiger partial charge in [0.05, 0.1) is 16.6 Å². The molecule has 0 heterocycles. The van der Waals surface area contributed by atoms with Crippen LogP contribution in [0.5, 0.6) is 0 Å². The topological polar surface area (TPSA) is 63.7 Å². The van der Waals surface area contributed by atoms with Crippen LogP contribution in [-0.2, 0) is 19.6 Å². The molecule has 4 rings (SSSR count). The summed E-state index contributed by atoms with van der Waals surface area (Å²) in [6, 6.07) is 14.0. The van der Waals surface area contributed by atoms with Crippen molar-refractivity contribution >= 4 is 21.7 Å². The minimum Gasteiger partial charge on any atom is -0.460 e. The molecule has 2 saturated carbocycles. The van der Waals surface area contributed by atoms with Gasteiger partial charge >= 0.3 is 5.97 Å². The van der Waals surface area contributed by atoms with Gasteiger partial charge in [-0.25, -0.2) is 8.42 Å². The molecule has 33 heavy (non-hydrogen) atoms. The molecule has 0 N–H and O–H groups in total. The standard InChI is InChI=1S/C27H35NO4S/c1-7-23(29)32-25-24(22-13-14-27(25,6)26(22,4)5)28(20-16-18(2)15-19(3)17-20)33(30,31)21-11-9-8-10-12-21/h8-12,15-17,22,24-25H,7,13-14H2,1-6H3. The van der Waals surface area contributed by atoms with Crippen LogP contribution >= 0.6 is 0 Å². The van der Waals surface area contributed by atoms with Crippen LogP contribution in [0.2, 0.25) is 0 Å². The molecule has 2 fully saturated rings. The van der Waals surface area contributed by atoms with Crippen molar-refractivity contribution in [3.63, 3.8) is 0 Å². The first-order valence-electron chi connectivity index (χ1n) is 11.8. The molecule has 0 spiro atoms. The monoisotopic (exact) mass is 469 g/mol. The highest BCUT2D eigenvalue weighted by molar-refractivity contribution is 7.92. The number of hydrogen-bond acceptors (Lipinski definition) is 4. The molecule has 0 saturated heterocycles. The van der Waals surface area contributed by atoms with Gasteiger partial charge in [-0.05, 0) is 73.4 Å². The van der Waals surface area contributed by atoms with Crippen LogP contribution in [0.15, 0.2) is 53.4 Å². The van der Waals surface area contributed by atoms with Crippen molar-refractivity contribution in [3.8, 4) is 0 Å². The Bertz CT molecular complexity index is 1140. The van der Waals surface area contributed by atoms with E-state index in [1.54, 1.807) is 35.5 Å². The second-order valence-electron chi connectivity index (χ2n) is 10.5. The number of ether oxygens (including phenoxy) is 1. The fourth-order valence-corrected chi connectivity index (χ4v) is 7.91. The number of rotatable bonds is 6. The first kappa shape index (κ1) is 23.8. The molecule has 2 bridgehead atoms. The van der Waals surface area contributed by atoms with Gasteiger partial charge in [-0.3, -0.25) is 9.10 Å². The first-order chi connectivity index (χ1) is 15.4. The van der Waals surface area contributed by atoms with Crippen molar-refractivity contribution < 1.29 is 17.9 Å². The van der Waals surface area contributed by atoms with E-state index in [1.165, 1.54) is 0 Å². The van der Waals surface area contributed by atoms with Crippen LogP contribution in [0.1, 0.15) is 58.1 Å². The molecule has 6 heteroatoms. The summed E-state index contributed by atoms with van der Waals surface area (Å²) < 4.78 is 36.1. The lowest BCUT2D eigenvalue weighted by Crippen LogP contribution is -2.53. The molecule has 4 atom stereocenters. The molecule has 0 amide bonds. The van der Waals surface area contributed by atoms with E-state index in [4.69, 9.17) is 4.74 Å². The van der Waals surface area contributed by atoms with Gasteiger partial charge in [-0.1, -0.05) is 52.0 Å². The summed E-state index contributed by atoms with van der Waals surface area (Å²) in [7, 11) is -3.90. The summed E-state index contributed by atoms with van der Waals surface area (Å²) in [4.78, 5) is 12.8. The van der Waals surface area contributed by atoms with E-state index < -0.39 is 22.2 Å². The lowest BCUT2D eigenvalue weighted by atomic mass is 9.70. The number of nitrogens with zero attached hydrogens (tertiary/aromatic N) is 1. The van der Waals surface area contributed by atoms with E-state index in [9.17, 15) is 13.2 Å². The average molecular weight is 470 g/mol. The van der Waals surface area contributed by atoms with Gasteiger partial charge < -0.3 is 4.74 Å². The van der Waals surface area contributed by atoms with Gasteiger partial charge in [0.1, 0.15) is 6.10 Å². The highest BCUT2D eigenvalue weighted by atomic mass is 32.2. The third kappa shape index (κ3) is 3.67. The number of sulfonamides is 1. The number of hydrogen-bond donors (Lipinski definition) is 0. The summed E-state index contributed by atoms with van der Waals surface area (Å²) >= 11 is 0. The lowest BCUT2D eigenvalue weighted by Gasteiger charge is -2.42. The van der Waals surface area contributed by atoms with Crippen LogP contribution in [0, 0.1) is 30.6 Å². The highest BCUT2D eigenvalue weighted by Gasteiger charge is 2.70. The molecular weight excluding hydrogens is 434 g/mol. The van der Waals surface area contributed by atoms with E-state index in [2.05, 4.69) is 20.8 Å². The van der Waals surface area contributed by atoms with Gasteiger partial charge in [0, 0.05) is 11.8 Å². The number of carbonyl (C=O) groups is 1. The van der Waals surface area contributed by atoms with Gasteiger partial charge in [0.15, 0.2) is 0 Å². The van der Waals surface area contributed by atoms with Crippen LogP contribution in [-0.4, -0.2) is 26.5 Å². The number of fused-ring (bicyclic) bond motifs is 2. The van der Waals surface area contributed by atoms with Crippen molar-refractivity contribution in [2.45, 2.75) is 77.8 Å². The fourth-order valence-electron chi connectivity index (χ4n) is 6.22. The Balaban J connectivity index is 1.96. The second-order valence-corrected chi connectivity index (χ2v) is 12.3. The lowest BCUT2D eigenvalue weighted by molar-refractivity contribution is -0.157. The van der Waals surface area contributed by atoms with Gasteiger partial charge in [0.25, 0.3) is 10.0 Å². The summed E-state index contributed by atoms with van der Waals surface area (Å²) in [6.45, 7) is 12.3. The van der Waals surface area contributed by atoms with Crippen LogP contribution in [0.4, 0.5) is 5.69 Å². The molecule has 178 valence electrons. The molecular formula is C27H35NO4S. The van der Waals surface area contributed by atoms with Crippen molar-refractivity contribution in [1.82, 2.24) is 0 Å².